The molecular weight excluding hydrogens is 300 g/mol. The zero-order valence-corrected chi connectivity index (χ0v) is 17.0. The van der Waals surface area contributed by atoms with Gasteiger partial charge in [0.1, 0.15) is 5.60 Å². The van der Waals surface area contributed by atoms with E-state index in [-0.39, 0.29) is 12.1 Å². The van der Waals surface area contributed by atoms with Crippen molar-refractivity contribution in [1.29, 1.82) is 0 Å². The van der Waals surface area contributed by atoms with Gasteiger partial charge in [-0.2, -0.15) is 0 Å². The molecule has 0 aromatic carbocycles. The van der Waals surface area contributed by atoms with Gasteiger partial charge in [0.15, 0.2) is 0 Å². The van der Waals surface area contributed by atoms with Crippen LogP contribution in [-0.2, 0) is 4.74 Å². The first kappa shape index (κ1) is 24.7. The van der Waals surface area contributed by atoms with E-state index in [0.717, 1.165) is 6.42 Å². The summed E-state index contributed by atoms with van der Waals surface area (Å²) < 4.78 is 5.46. The molecule has 1 rings (SSSR count). The Morgan fingerprint density at radius 2 is 1.88 bits per heavy atom. The molecule has 0 aromatic heterocycles. The number of carbonyl (C=O) groups excluding carboxylic acids is 1. The lowest BCUT2D eigenvalue weighted by Crippen LogP contribution is -2.49. The van der Waals surface area contributed by atoms with Gasteiger partial charge in [-0.25, -0.2) is 4.79 Å². The van der Waals surface area contributed by atoms with Gasteiger partial charge in [0.2, 0.25) is 0 Å². The number of hydrogen-bond acceptors (Lipinski definition) is 3. The Bertz CT molecular complexity index is 431. The minimum Gasteiger partial charge on any atom is -0.444 e. The molecule has 0 aliphatic carbocycles. The highest BCUT2D eigenvalue weighted by Crippen LogP contribution is 2.25. The number of hydrogen-bond donors (Lipinski definition) is 1. The molecule has 0 saturated heterocycles. The van der Waals surface area contributed by atoms with Crippen LogP contribution in [0.2, 0.25) is 0 Å². The van der Waals surface area contributed by atoms with Gasteiger partial charge in [-0.05, 0) is 53.5 Å². The summed E-state index contributed by atoms with van der Waals surface area (Å²) in [6.45, 7) is 20.0. The van der Waals surface area contributed by atoms with Gasteiger partial charge in [-0.15, -0.1) is 6.58 Å². The fourth-order valence-corrected chi connectivity index (χ4v) is 2.18. The molecule has 24 heavy (non-hydrogen) atoms. The maximum atomic E-state index is 12.2. The summed E-state index contributed by atoms with van der Waals surface area (Å²) in [5, 5.41) is 0. The van der Waals surface area contributed by atoms with Crippen molar-refractivity contribution in [2.24, 2.45) is 5.73 Å². The molecule has 1 aliphatic rings. The first-order valence-corrected chi connectivity index (χ1v) is 8.78. The Labute approximate surface area is 149 Å². The third-order valence-corrected chi connectivity index (χ3v) is 3.14. The predicted molar refractivity (Wildman–Crippen MR) is 105 cm³/mol. The van der Waals surface area contributed by atoms with Crippen LogP contribution in [0.25, 0.3) is 0 Å². The van der Waals surface area contributed by atoms with Crippen molar-refractivity contribution in [2.75, 3.05) is 13.1 Å². The summed E-state index contributed by atoms with van der Waals surface area (Å²) in [6, 6.07) is 0.0313. The third kappa shape index (κ3) is 9.56. The van der Waals surface area contributed by atoms with Crippen LogP contribution in [0.3, 0.4) is 0 Å². The fourth-order valence-electron chi connectivity index (χ4n) is 2.18. The van der Waals surface area contributed by atoms with Crippen LogP contribution in [-0.4, -0.2) is 35.7 Å². The molecule has 1 unspecified atom stereocenters. The lowest BCUT2D eigenvalue weighted by Gasteiger charge is -2.37. The summed E-state index contributed by atoms with van der Waals surface area (Å²) in [7, 11) is 0. The Balaban J connectivity index is 0. The number of nitrogens with two attached hydrogens (primary N) is 1. The molecule has 0 radical (unpaired) electrons. The van der Waals surface area contributed by atoms with Crippen LogP contribution in [0.15, 0.2) is 36.0 Å². The maximum Gasteiger partial charge on any atom is 0.410 e. The van der Waals surface area contributed by atoms with Crippen molar-refractivity contribution >= 4 is 6.09 Å². The average Bonchev–Trinajstić information content (AvgIpc) is 2.50. The van der Waals surface area contributed by atoms with Crippen LogP contribution in [0.1, 0.15) is 61.8 Å². The van der Waals surface area contributed by atoms with Gasteiger partial charge < -0.3 is 10.5 Å². The van der Waals surface area contributed by atoms with Crippen LogP contribution in [0, 0.1) is 0 Å². The van der Waals surface area contributed by atoms with E-state index in [4.69, 9.17) is 10.5 Å². The molecule has 1 atom stereocenters. The third-order valence-electron chi connectivity index (χ3n) is 3.14. The summed E-state index contributed by atoms with van der Waals surface area (Å²) in [5.74, 6) is 0. The van der Waals surface area contributed by atoms with Crippen molar-refractivity contribution in [1.82, 2.24) is 4.90 Å². The second kappa shape index (κ2) is 12.8. The first-order chi connectivity index (χ1) is 11.2. The first-order valence-electron chi connectivity index (χ1n) is 8.78. The average molecular weight is 339 g/mol. The van der Waals surface area contributed by atoms with Crippen molar-refractivity contribution in [3.05, 3.63) is 36.0 Å². The normalized spacial score (nSPS) is 17.5. The maximum absolute atomic E-state index is 12.2. The Kier molecular flexibility index (Phi) is 13.2. The predicted octanol–water partition coefficient (Wildman–Crippen LogP) is 5.07. The molecule has 2 N–H and O–H groups in total. The van der Waals surface area contributed by atoms with Crippen molar-refractivity contribution in [3.8, 4) is 0 Å². The molecule has 140 valence electrons. The van der Waals surface area contributed by atoms with Crippen LogP contribution < -0.4 is 5.73 Å². The van der Waals surface area contributed by atoms with Gasteiger partial charge in [-0.1, -0.05) is 37.6 Å². The van der Waals surface area contributed by atoms with Crippen molar-refractivity contribution in [2.45, 2.75) is 73.5 Å². The summed E-state index contributed by atoms with van der Waals surface area (Å²) >= 11 is 0. The van der Waals surface area contributed by atoms with Gasteiger partial charge in [0, 0.05) is 13.1 Å². The molecule has 1 amide bonds. The number of nitrogens with zero attached hydrogens (tertiary/aromatic N) is 1. The van der Waals surface area contributed by atoms with E-state index in [0.29, 0.717) is 13.1 Å². The van der Waals surface area contributed by atoms with Gasteiger partial charge in [-0.3, -0.25) is 4.90 Å². The largest absolute Gasteiger partial charge is 0.444 e. The summed E-state index contributed by atoms with van der Waals surface area (Å²) in [6.07, 6.45) is 6.33. The Morgan fingerprint density at radius 1 is 1.38 bits per heavy atom. The van der Waals surface area contributed by atoms with Crippen molar-refractivity contribution in [3.63, 3.8) is 0 Å². The van der Waals surface area contributed by atoms with Crippen LogP contribution in [0.5, 0.6) is 0 Å². The van der Waals surface area contributed by atoms with E-state index in [1.54, 1.807) is 11.0 Å². The van der Waals surface area contributed by atoms with E-state index in [1.165, 1.54) is 11.1 Å². The molecule has 0 spiro atoms. The van der Waals surface area contributed by atoms with Crippen LogP contribution in [0.4, 0.5) is 4.79 Å². The zero-order valence-electron chi connectivity index (χ0n) is 17.0. The number of ether oxygens (including phenoxy) is 1. The molecule has 0 bridgehead atoms. The number of carbonyl (C=O) groups is 1. The Morgan fingerprint density at radius 3 is 2.25 bits per heavy atom. The number of rotatable bonds is 2. The van der Waals surface area contributed by atoms with E-state index in [1.807, 2.05) is 54.5 Å². The number of allylic oxidation sites excluding steroid dienone is 2. The second-order valence-corrected chi connectivity index (χ2v) is 6.42. The second-order valence-electron chi connectivity index (χ2n) is 6.42. The standard InChI is InChI=1S/C15H26N2O2.C3H6.C2H6/c1-6-7-12-10-17(13(9-16)8-11(12)2)14(18)19-15(3,4)5;1-3-2;1-2/h6-7,13H,8-10,16H2,1-5H3;3H,1H2,2H3;1-2H3/b7-6-;;. The highest BCUT2D eigenvalue weighted by Gasteiger charge is 2.31. The lowest BCUT2D eigenvalue weighted by molar-refractivity contribution is 0.0176. The topological polar surface area (TPSA) is 55.6 Å². The fraction of sp³-hybridized carbons (Fsp3) is 0.650. The van der Waals surface area contributed by atoms with E-state index >= 15 is 0 Å². The highest BCUT2D eigenvalue weighted by atomic mass is 16.6. The Hall–Kier alpha value is -1.55. The smallest absolute Gasteiger partial charge is 0.410 e. The molecule has 1 heterocycles. The minimum atomic E-state index is -0.479. The minimum absolute atomic E-state index is 0.0313. The molecule has 0 saturated carbocycles. The zero-order chi connectivity index (χ0) is 19.3. The molecule has 1 aliphatic heterocycles. The molecule has 0 aromatic rings. The molecule has 4 heteroatoms. The summed E-state index contributed by atoms with van der Waals surface area (Å²) in [5.41, 5.74) is 7.79. The van der Waals surface area contributed by atoms with E-state index in [2.05, 4.69) is 19.6 Å². The lowest BCUT2D eigenvalue weighted by atomic mass is 9.95. The van der Waals surface area contributed by atoms with Crippen molar-refractivity contribution < 1.29 is 9.53 Å². The van der Waals surface area contributed by atoms with Gasteiger partial charge in [0.25, 0.3) is 0 Å². The molecule has 0 fully saturated rings. The molecular formula is C20H38N2O2. The monoisotopic (exact) mass is 338 g/mol. The highest BCUT2D eigenvalue weighted by molar-refractivity contribution is 5.69. The van der Waals surface area contributed by atoms with E-state index in [9.17, 15) is 4.79 Å². The van der Waals surface area contributed by atoms with Gasteiger partial charge in [0.05, 0.1) is 6.04 Å². The van der Waals surface area contributed by atoms with Gasteiger partial charge >= 0.3 is 6.09 Å². The number of amides is 1. The van der Waals surface area contributed by atoms with E-state index < -0.39 is 5.60 Å². The quantitative estimate of drug-likeness (QED) is 0.715. The molecule has 4 nitrogen and oxygen atoms in total. The van der Waals surface area contributed by atoms with Crippen LogP contribution >= 0.6 is 0 Å². The SMILES string of the molecule is C/C=C\C1=C(C)CC(CN)N(C(=O)OC(C)(C)C)C1.C=CC.CC. The summed E-state index contributed by atoms with van der Waals surface area (Å²) in [4.78, 5) is 14.0.